The van der Waals surface area contributed by atoms with E-state index in [1.54, 1.807) is 12.1 Å². The number of nitrogens with two attached hydrogens (primary N) is 1. The first kappa shape index (κ1) is 7.72. The van der Waals surface area contributed by atoms with Crippen molar-refractivity contribution < 1.29 is 4.39 Å². The lowest BCUT2D eigenvalue weighted by Gasteiger charge is -1.96. The average Bonchev–Trinajstić information content (AvgIpc) is 2.53. The number of aromatic nitrogens is 3. The maximum atomic E-state index is 13.1. The van der Waals surface area contributed by atoms with E-state index in [0.717, 1.165) is 0 Å². The maximum absolute atomic E-state index is 13.1. The number of hydrogen-bond acceptors (Lipinski definition) is 3. The van der Waals surface area contributed by atoms with E-state index in [1.165, 1.54) is 12.4 Å². The van der Waals surface area contributed by atoms with Crippen LogP contribution in [0.25, 0.3) is 11.3 Å². The van der Waals surface area contributed by atoms with Gasteiger partial charge in [0.1, 0.15) is 0 Å². The Morgan fingerprint density at radius 3 is 2.85 bits per heavy atom. The molecule has 0 unspecified atom stereocenters. The number of pyridine rings is 1. The fraction of sp³-hybridized carbons (Fsp3) is 0. The molecule has 2 heterocycles. The zero-order valence-corrected chi connectivity index (χ0v) is 6.66. The van der Waals surface area contributed by atoms with Crippen molar-refractivity contribution in [2.75, 3.05) is 5.73 Å². The zero-order chi connectivity index (χ0) is 9.26. The summed E-state index contributed by atoms with van der Waals surface area (Å²) >= 11 is 0. The quantitative estimate of drug-likeness (QED) is 0.644. The van der Waals surface area contributed by atoms with Crippen LogP contribution >= 0.6 is 0 Å². The molecule has 0 spiro atoms. The number of imidazole rings is 1. The molecule has 0 saturated carbocycles. The van der Waals surface area contributed by atoms with Crippen LogP contribution in [0.1, 0.15) is 0 Å². The number of nitrogen functional groups attached to an aromatic ring is 1. The van der Waals surface area contributed by atoms with E-state index in [1.807, 2.05) is 0 Å². The Balaban J connectivity index is 2.52. The van der Waals surface area contributed by atoms with Crippen molar-refractivity contribution in [3.05, 3.63) is 30.5 Å². The number of anilines is 1. The molecule has 13 heavy (non-hydrogen) atoms. The van der Waals surface area contributed by atoms with Gasteiger partial charge in [-0.2, -0.15) is 4.39 Å². The molecule has 2 aromatic rings. The van der Waals surface area contributed by atoms with E-state index < -0.39 is 5.95 Å². The van der Waals surface area contributed by atoms with E-state index in [2.05, 4.69) is 15.0 Å². The third kappa shape index (κ3) is 1.35. The molecular formula is C8H7FN4. The van der Waals surface area contributed by atoms with E-state index in [-0.39, 0.29) is 5.95 Å². The first-order valence-corrected chi connectivity index (χ1v) is 3.69. The predicted molar refractivity (Wildman–Crippen MR) is 46.2 cm³/mol. The third-order valence-corrected chi connectivity index (χ3v) is 1.64. The van der Waals surface area contributed by atoms with Crippen LogP contribution < -0.4 is 5.73 Å². The summed E-state index contributed by atoms with van der Waals surface area (Å²) in [6.07, 6.45) is 2.86. The summed E-state index contributed by atoms with van der Waals surface area (Å²) in [5.41, 5.74) is 6.25. The highest BCUT2D eigenvalue weighted by Crippen LogP contribution is 2.18. The normalized spacial score (nSPS) is 10.2. The van der Waals surface area contributed by atoms with Crippen molar-refractivity contribution in [3.8, 4) is 11.3 Å². The van der Waals surface area contributed by atoms with E-state index in [0.29, 0.717) is 11.3 Å². The molecule has 0 aliphatic rings. The Morgan fingerprint density at radius 1 is 1.38 bits per heavy atom. The largest absolute Gasteiger partial charge is 0.369 e. The number of rotatable bonds is 1. The molecule has 0 aromatic carbocycles. The fourth-order valence-corrected chi connectivity index (χ4v) is 1.06. The predicted octanol–water partition coefficient (Wildman–Crippen LogP) is 1.19. The summed E-state index contributed by atoms with van der Waals surface area (Å²) in [5.74, 6) is -0.274. The van der Waals surface area contributed by atoms with Crippen LogP contribution in [-0.4, -0.2) is 15.0 Å². The molecule has 0 fully saturated rings. The van der Waals surface area contributed by atoms with Crippen molar-refractivity contribution in [1.29, 1.82) is 0 Å². The lowest BCUT2D eigenvalue weighted by molar-refractivity contribution is 0.587. The topological polar surface area (TPSA) is 67.6 Å². The Kier molecular flexibility index (Phi) is 1.70. The smallest absolute Gasteiger partial charge is 0.222 e. The standard InChI is InChI=1S/C8H7FN4/c9-7-5(2-1-3-11-7)6-4-12-8(10)13-6/h1-4H,(H3,10,12,13). The molecule has 0 atom stereocenters. The summed E-state index contributed by atoms with van der Waals surface area (Å²) < 4.78 is 13.1. The highest BCUT2D eigenvalue weighted by Gasteiger charge is 2.06. The van der Waals surface area contributed by atoms with Gasteiger partial charge in [-0.3, -0.25) is 0 Å². The van der Waals surface area contributed by atoms with Crippen LogP contribution in [0.4, 0.5) is 10.3 Å². The molecule has 0 saturated heterocycles. The van der Waals surface area contributed by atoms with Crippen LogP contribution in [-0.2, 0) is 0 Å². The van der Waals surface area contributed by atoms with Crippen molar-refractivity contribution in [1.82, 2.24) is 15.0 Å². The van der Waals surface area contributed by atoms with E-state index >= 15 is 0 Å². The Hall–Kier alpha value is -1.91. The second kappa shape index (κ2) is 2.85. The van der Waals surface area contributed by atoms with Gasteiger partial charge in [0.25, 0.3) is 0 Å². The van der Waals surface area contributed by atoms with E-state index in [4.69, 9.17) is 5.73 Å². The molecule has 0 bridgehead atoms. The molecule has 0 radical (unpaired) electrons. The summed E-state index contributed by atoms with van der Waals surface area (Å²) in [5, 5.41) is 0. The fourth-order valence-electron chi connectivity index (χ4n) is 1.06. The Labute approximate surface area is 73.6 Å². The van der Waals surface area contributed by atoms with Gasteiger partial charge in [0.2, 0.25) is 5.95 Å². The molecule has 2 aromatic heterocycles. The van der Waals surface area contributed by atoms with Gasteiger partial charge in [-0.15, -0.1) is 0 Å². The first-order valence-electron chi connectivity index (χ1n) is 3.69. The lowest BCUT2D eigenvalue weighted by Crippen LogP contribution is -1.89. The van der Waals surface area contributed by atoms with Gasteiger partial charge in [0.15, 0.2) is 5.95 Å². The summed E-state index contributed by atoms with van der Waals surface area (Å²) in [4.78, 5) is 9.99. The molecular weight excluding hydrogens is 171 g/mol. The lowest BCUT2D eigenvalue weighted by atomic mass is 10.2. The number of aromatic amines is 1. The van der Waals surface area contributed by atoms with Gasteiger partial charge < -0.3 is 10.7 Å². The molecule has 4 nitrogen and oxygen atoms in total. The monoisotopic (exact) mass is 178 g/mol. The molecule has 5 heteroatoms. The van der Waals surface area contributed by atoms with Gasteiger partial charge in [0.05, 0.1) is 17.5 Å². The second-order valence-electron chi connectivity index (χ2n) is 2.52. The first-order chi connectivity index (χ1) is 6.27. The Bertz CT molecular complexity index is 424. The zero-order valence-electron chi connectivity index (χ0n) is 6.66. The van der Waals surface area contributed by atoms with Gasteiger partial charge in [-0.05, 0) is 12.1 Å². The minimum atomic E-state index is -0.536. The highest BCUT2D eigenvalue weighted by molar-refractivity contribution is 5.59. The van der Waals surface area contributed by atoms with Crippen LogP contribution in [0, 0.1) is 5.95 Å². The molecule has 0 amide bonds. The molecule has 66 valence electrons. The summed E-state index contributed by atoms with van der Waals surface area (Å²) in [6, 6.07) is 3.25. The van der Waals surface area contributed by atoms with Crippen LogP contribution in [0.5, 0.6) is 0 Å². The van der Waals surface area contributed by atoms with Crippen molar-refractivity contribution in [2.24, 2.45) is 0 Å². The minimum absolute atomic E-state index is 0.262. The number of hydrogen-bond donors (Lipinski definition) is 2. The summed E-state index contributed by atoms with van der Waals surface area (Å²) in [7, 11) is 0. The van der Waals surface area contributed by atoms with Crippen LogP contribution in [0.2, 0.25) is 0 Å². The minimum Gasteiger partial charge on any atom is -0.369 e. The number of nitrogens with zero attached hydrogens (tertiary/aromatic N) is 2. The molecule has 2 rings (SSSR count). The Morgan fingerprint density at radius 2 is 2.23 bits per heavy atom. The molecule has 0 aliphatic carbocycles. The van der Waals surface area contributed by atoms with Gasteiger partial charge >= 0.3 is 0 Å². The van der Waals surface area contributed by atoms with E-state index in [9.17, 15) is 4.39 Å². The van der Waals surface area contributed by atoms with Crippen molar-refractivity contribution >= 4 is 5.95 Å². The maximum Gasteiger partial charge on any atom is 0.222 e. The van der Waals surface area contributed by atoms with Crippen LogP contribution in [0.15, 0.2) is 24.5 Å². The summed E-state index contributed by atoms with van der Waals surface area (Å²) in [6.45, 7) is 0. The van der Waals surface area contributed by atoms with Gasteiger partial charge in [0, 0.05) is 6.20 Å². The third-order valence-electron chi connectivity index (χ3n) is 1.64. The molecule has 0 aliphatic heterocycles. The van der Waals surface area contributed by atoms with Crippen molar-refractivity contribution in [3.63, 3.8) is 0 Å². The van der Waals surface area contributed by atoms with Gasteiger partial charge in [-0.25, -0.2) is 9.97 Å². The highest BCUT2D eigenvalue weighted by atomic mass is 19.1. The number of nitrogens with one attached hydrogen (secondary N) is 1. The SMILES string of the molecule is Nc1ncc(-c2cccnc2F)[nH]1. The van der Waals surface area contributed by atoms with Gasteiger partial charge in [-0.1, -0.05) is 0 Å². The number of H-pyrrole nitrogens is 1. The van der Waals surface area contributed by atoms with Crippen molar-refractivity contribution in [2.45, 2.75) is 0 Å². The van der Waals surface area contributed by atoms with Crippen LogP contribution in [0.3, 0.4) is 0 Å². The number of halogens is 1. The molecule has 3 N–H and O–H groups in total. The average molecular weight is 178 g/mol. The second-order valence-corrected chi connectivity index (χ2v) is 2.52.